The smallest absolute Gasteiger partial charge is 0.231 e. The molecule has 3 aromatic carbocycles. The first kappa shape index (κ1) is 18.6. The third-order valence-electron chi connectivity index (χ3n) is 5.81. The molecule has 5 rings (SSSR count). The van der Waals surface area contributed by atoms with E-state index >= 15 is 0 Å². The first-order valence-electron chi connectivity index (χ1n) is 10.2. The summed E-state index contributed by atoms with van der Waals surface area (Å²) in [6, 6.07) is 22.3. The Balaban J connectivity index is 1.46. The molecule has 0 aliphatic carbocycles. The SMILES string of the molecule is Cc1cccc(/C=C2\Oc3c(ccc4c3CN(C(C)c3ccccc3)CO4)C2=O)c1. The van der Waals surface area contributed by atoms with Crippen molar-refractivity contribution in [2.75, 3.05) is 6.73 Å². The molecule has 3 aromatic rings. The van der Waals surface area contributed by atoms with E-state index in [9.17, 15) is 4.79 Å². The molecule has 0 spiro atoms. The summed E-state index contributed by atoms with van der Waals surface area (Å²) in [4.78, 5) is 15.2. The van der Waals surface area contributed by atoms with Crippen molar-refractivity contribution < 1.29 is 14.3 Å². The van der Waals surface area contributed by atoms with Gasteiger partial charge in [0.1, 0.15) is 18.2 Å². The van der Waals surface area contributed by atoms with E-state index in [1.165, 1.54) is 5.56 Å². The summed E-state index contributed by atoms with van der Waals surface area (Å²) in [7, 11) is 0. The number of carbonyl (C=O) groups excluding carboxylic acids is 1. The number of ether oxygens (including phenoxy) is 2. The van der Waals surface area contributed by atoms with Crippen LogP contribution in [0.5, 0.6) is 11.5 Å². The monoisotopic (exact) mass is 397 g/mol. The average molecular weight is 397 g/mol. The third-order valence-corrected chi connectivity index (χ3v) is 5.81. The Hall–Kier alpha value is -3.37. The lowest BCUT2D eigenvalue weighted by atomic mass is 10.0. The molecular formula is C26H23NO3. The number of allylic oxidation sites excluding steroid dienone is 1. The number of ketones is 1. The minimum atomic E-state index is -0.0810. The molecule has 0 radical (unpaired) electrons. The first-order chi connectivity index (χ1) is 14.6. The average Bonchev–Trinajstić information content (AvgIpc) is 3.09. The van der Waals surface area contributed by atoms with Crippen LogP contribution in [0.4, 0.5) is 0 Å². The summed E-state index contributed by atoms with van der Waals surface area (Å²) in [5.41, 5.74) is 4.86. The van der Waals surface area contributed by atoms with Gasteiger partial charge in [0.15, 0.2) is 5.76 Å². The van der Waals surface area contributed by atoms with Crippen LogP contribution in [0.3, 0.4) is 0 Å². The van der Waals surface area contributed by atoms with Crippen LogP contribution in [0.2, 0.25) is 0 Å². The van der Waals surface area contributed by atoms with Crippen molar-refractivity contribution in [1.82, 2.24) is 4.90 Å². The lowest BCUT2D eigenvalue weighted by Gasteiger charge is -2.34. The van der Waals surface area contributed by atoms with Gasteiger partial charge in [0, 0.05) is 12.6 Å². The van der Waals surface area contributed by atoms with Gasteiger partial charge in [-0.3, -0.25) is 9.69 Å². The number of rotatable bonds is 3. The number of aryl methyl sites for hydroxylation is 1. The molecule has 2 aliphatic rings. The maximum absolute atomic E-state index is 13.0. The highest BCUT2D eigenvalue weighted by molar-refractivity contribution is 6.15. The van der Waals surface area contributed by atoms with E-state index in [1.807, 2.05) is 67.6 Å². The van der Waals surface area contributed by atoms with Crippen molar-refractivity contribution in [3.8, 4) is 11.5 Å². The zero-order valence-corrected chi connectivity index (χ0v) is 17.1. The summed E-state index contributed by atoms with van der Waals surface area (Å²) < 4.78 is 12.1. The second kappa shape index (κ2) is 7.47. The predicted molar refractivity (Wildman–Crippen MR) is 116 cm³/mol. The van der Waals surface area contributed by atoms with Crippen LogP contribution in [-0.2, 0) is 6.54 Å². The Morgan fingerprint density at radius 1 is 1.03 bits per heavy atom. The fourth-order valence-electron chi connectivity index (χ4n) is 4.08. The number of nitrogens with zero attached hydrogens (tertiary/aromatic N) is 1. The second-order valence-electron chi connectivity index (χ2n) is 7.88. The zero-order valence-electron chi connectivity index (χ0n) is 17.1. The van der Waals surface area contributed by atoms with Gasteiger partial charge in [0.05, 0.1) is 11.1 Å². The molecule has 2 heterocycles. The van der Waals surface area contributed by atoms with Gasteiger partial charge in [-0.15, -0.1) is 0 Å². The number of hydrogen-bond acceptors (Lipinski definition) is 4. The van der Waals surface area contributed by atoms with Gasteiger partial charge in [0.2, 0.25) is 5.78 Å². The van der Waals surface area contributed by atoms with Crippen LogP contribution in [0, 0.1) is 6.92 Å². The topological polar surface area (TPSA) is 38.8 Å². The molecule has 0 amide bonds. The van der Waals surface area contributed by atoms with Gasteiger partial charge in [-0.25, -0.2) is 0 Å². The van der Waals surface area contributed by atoms with Gasteiger partial charge in [0.25, 0.3) is 0 Å². The van der Waals surface area contributed by atoms with Crippen molar-refractivity contribution in [2.24, 2.45) is 0 Å². The molecule has 0 bridgehead atoms. The van der Waals surface area contributed by atoms with Crippen LogP contribution < -0.4 is 9.47 Å². The number of benzene rings is 3. The fraction of sp³-hybridized carbons (Fsp3) is 0.192. The predicted octanol–water partition coefficient (Wildman–Crippen LogP) is 5.52. The minimum absolute atomic E-state index is 0.0810. The molecule has 150 valence electrons. The van der Waals surface area contributed by atoms with E-state index in [2.05, 4.69) is 24.0 Å². The van der Waals surface area contributed by atoms with Crippen molar-refractivity contribution in [2.45, 2.75) is 26.4 Å². The molecule has 1 unspecified atom stereocenters. The molecule has 4 heteroatoms. The largest absolute Gasteiger partial charge is 0.478 e. The van der Waals surface area contributed by atoms with Crippen LogP contribution in [0.15, 0.2) is 72.5 Å². The van der Waals surface area contributed by atoms with Gasteiger partial charge >= 0.3 is 0 Å². The number of hydrogen-bond donors (Lipinski definition) is 0. The molecule has 0 saturated carbocycles. The number of fused-ring (bicyclic) bond motifs is 3. The summed E-state index contributed by atoms with van der Waals surface area (Å²) in [6.07, 6.45) is 1.82. The van der Waals surface area contributed by atoms with Gasteiger partial charge in [-0.05, 0) is 43.2 Å². The molecular weight excluding hydrogens is 374 g/mol. The van der Waals surface area contributed by atoms with E-state index in [1.54, 1.807) is 0 Å². The Labute approximate surface area is 176 Å². The maximum Gasteiger partial charge on any atom is 0.231 e. The second-order valence-corrected chi connectivity index (χ2v) is 7.88. The summed E-state index contributed by atoms with van der Waals surface area (Å²) in [6.45, 7) is 5.37. The standard InChI is InChI=1S/C26H23NO3/c1-17-7-6-8-19(13-17)14-24-25(28)21-11-12-23-22(26(21)30-24)15-27(16-29-23)18(2)20-9-4-3-5-10-20/h3-14,18H,15-16H2,1-2H3/b24-14-. The molecule has 2 aliphatic heterocycles. The highest BCUT2D eigenvalue weighted by atomic mass is 16.5. The van der Waals surface area contributed by atoms with Gasteiger partial charge in [-0.2, -0.15) is 0 Å². The highest BCUT2D eigenvalue weighted by Gasteiger charge is 2.34. The molecule has 0 aromatic heterocycles. The van der Waals surface area contributed by atoms with Crippen LogP contribution in [0.1, 0.15) is 45.6 Å². The van der Waals surface area contributed by atoms with Crippen LogP contribution in [0.25, 0.3) is 6.08 Å². The maximum atomic E-state index is 13.0. The summed E-state index contributed by atoms with van der Waals surface area (Å²) in [5, 5.41) is 0. The van der Waals surface area contributed by atoms with E-state index in [4.69, 9.17) is 9.47 Å². The molecule has 0 fully saturated rings. The highest BCUT2D eigenvalue weighted by Crippen LogP contribution is 2.43. The Kier molecular flexibility index (Phi) is 4.64. The third kappa shape index (κ3) is 3.29. The Morgan fingerprint density at radius 2 is 1.87 bits per heavy atom. The lowest BCUT2D eigenvalue weighted by Crippen LogP contribution is -2.34. The molecule has 0 N–H and O–H groups in total. The number of carbonyl (C=O) groups is 1. The fourth-order valence-corrected chi connectivity index (χ4v) is 4.08. The normalized spacial score (nSPS) is 17.8. The van der Waals surface area contributed by atoms with Crippen molar-refractivity contribution in [3.63, 3.8) is 0 Å². The molecule has 1 atom stereocenters. The van der Waals surface area contributed by atoms with E-state index in [0.717, 1.165) is 22.4 Å². The Bertz CT molecular complexity index is 1150. The number of Topliss-reactive ketones (excluding diaryl/α,β-unsaturated/α-hetero) is 1. The first-order valence-corrected chi connectivity index (χ1v) is 10.2. The van der Waals surface area contributed by atoms with Crippen molar-refractivity contribution in [3.05, 3.63) is 100 Å². The molecule has 30 heavy (non-hydrogen) atoms. The Morgan fingerprint density at radius 3 is 2.67 bits per heavy atom. The van der Waals surface area contributed by atoms with Gasteiger partial charge < -0.3 is 9.47 Å². The van der Waals surface area contributed by atoms with E-state index < -0.39 is 0 Å². The zero-order chi connectivity index (χ0) is 20.7. The van der Waals surface area contributed by atoms with E-state index in [-0.39, 0.29) is 11.8 Å². The van der Waals surface area contributed by atoms with Crippen molar-refractivity contribution in [1.29, 1.82) is 0 Å². The minimum Gasteiger partial charge on any atom is -0.478 e. The molecule has 0 saturated heterocycles. The molecule has 4 nitrogen and oxygen atoms in total. The van der Waals surface area contributed by atoms with Gasteiger partial charge in [-0.1, -0.05) is 60.2 Å². The van der Waals surface area contributed by atoms with E-state index in [0.29, 0.717) is 30.3 Å². The van der Waals surface area contributed by atoms with Crippen LogP contribution in [-0.4, -0.2) is 17.4 Å². The lowest BCUT2D eigenvalue weighted by molar-refractivity contribution is 0.0606. The quantitative estimate of drug-likeness (QED) is 0.545. The summed E-state index contributed by atoms with van der Waals surface area (Å²) in [5.74, 6) is 1.69. The summed E-state index contributed by atoms with van der Waals surface area (Å²) >= 11 is 0. The van der Waals surface area contributed by atoms with Crippen molar-refractivity contribution >= 4 is 11.9 Å². The van der Waals surface area contributed by atoms with Crippen LogP contribution >= 0.6 is 0 Å².